The molecule has 0 aromatic carbocycles. The molecule has 9 heteroatoms. The molecule has 3 N–H and O–H groups in total. The minimum absolute atomic E-state index is 0.129. The van der Waals surface area contributed by atoms with Crippen molar-refractivity contribution in [1.29, 1.82) is 0 Å². The van der Waals surface area contributed by atoms with Gasteiger partial charge in [-0.05, 0) is 12.8 Å². The summed E-state index contributed by atoms with van der Waals surface area (Å²) in [5.41, 5.74) is 5.38. The van der Waals surface area contributed by atoms with Crippen LogP contribution in [-0.4, -0.2) is 35.2 Å². The number of amidine groups is 1. The van der Waals surface area contributed by atoms with Crippen LogP contribution in [-0.2, 0) is 0 Å². The highest BCUT2D eigenvalue weighted by Gasteiger charge is 2.28. The van der Waals surface area contributed by atoms with Crippen LogP contribution in [0.3, 0.4) is 0 Å². The van der Waals surface area contributed by atoms with Gasteiger partial charge in [0, 0.05) is 17.5 Å². The van der Waals surface area contributed by atoms with Crippen molar-refractivity contribution in [2.24, 2.45) is 10.9 Å². The number of aromatic nitrogens is 5. The van der Waals surface area contributed by atoms with Crippen LogP contribution >= 0.6 is 11.5 Å². The molecule has 0 saturated heterocycles. The summed E-state index contributed by atoms with van der Waals surface area (Å²) < 4.78 is 5.73. The standard InChI is InChI=1S/C8H9N7OS/c9-5(13-16)7-10-3-15(12-7)8-11-6(14-17-8)4-1-2-4/h3-4,16H,1-2H2,(H2,9,13). The Morgan fingerprint density at radius 1 is 1.59 bits per heavy atom. The number of rotatable bonds is 3. The van der Waals surface area contributed by atoms with Crippen molar-refractivity contribution in [3.63, 3.8) is 0 Å². The van der Waals surface area contributed by atoms with Gasteiger partial charge in [-0.1, -0.05) is 5.16 Å². The smallest absolute Gasteiger partial charge is 0.231 e. The van der Waals surface area contributed by atoms with Gasteiger partial charge in [-0.25, -0.2) is 9.97 Å². The maximum absolute atomic E-state index is 8.50. The largest absolute Gasteiger partial charge is 0.409 e. The first-order chi connectivity index (χ1) is 8.28. The molecule has 0 unspecified atom stereocenters. The van der Waals surface area contributed by atoms with Gasteiger partial charge in [-0.15, -0.1) is 5.10 Å². The number of hydrogen-bond acceptors (Lipinski definition) is 7. The summed E-state index contributed by atoms with van der Waals surface area (Å²) in [6.45, 7) is 0. The molecule has 0 radical (unpaired) electrons. The molecule has 17 heavy (non-hydrogen) atoms. The summed E-state index contributed by atoms with van der Waals surface area (Å²) in [6, 6.07) is 0. The van der Waals surface area contributed by atoms with Crippen molar-refractivity contribution < 1.29 is 5.21 Å². The zero-order valence-electron chi connectivity index (χ0n) is 8.69. The lowest BCUT2D eigenvalue weighted by Gasteiger charge is -1.91. The van der Waals surface area contributed by atoms with E-state index in [1.807, 2.05) is 0 Å². The molecular weight excluding hydrogens is 242 g/mol. The summed E-state index contributed by atoms with van der Waals surface area (Å²) in [5.74, 6) is 1.41. The van der Waals surface area contributed by atoms with E-state index in [0.717, 1.165) is 18.7 Å². The Morgan fingerprint density at radius 3 is 3.12 bits per heavy atom. The molecule has 0 amide bonds. The summed E-state index contributed by atoms with van der Waals surface area (Å²) in [6.07, 6.45) is 3.77. The van der Waals surface area contributed by atoms with Crippen molar-refractivity contribution in [3.05, 3.63) is 18.0 Å². The first kappa shape index (κ1) is 10.1. The summed E-state index contributed by atoms with van der Waals surface area (Å²) in [5, 5.41) is 16.0. The van der Waals surface area contributed by atoms with Gasteiger partial charge >= 0.3 is 0 Å². The van der Waals surface area contributed by atoms with Gasteiger partial charge < -0.3 is 10.9 Å². The molecule has 0 aliphatic heterocycles. The Morgan fingerprint density at radius 2 is 2.41 bits per heavy atom. The highest BCUT2D eigenvalue weighted by Crippen LogP contribution is 2.38. The second-order valence-electron chi connectivity index (χ2n) is 3.71. The first-order valence-corrected chi connectivity index (χ1v) is 5.79. The molecular formula is C8H9N7OS. The van der Waals surface area contributed by atoms with E-state index in [4.69, 9.17) is 10.9 Å². The lowest BCUT2D eigenvalue weighted by atomic mass is 10.4. The van der Waals surface area contributed by atoms with Crippen LogP contribution in [0.5, 0.6) is 0 Å². The maximum atomic E-state index is 8.50. The second kappa shape index (κ2) is 3.77. The molecule has 0 bridgehead atoms. The molecule has 2 heterocycles. The maximum Gasteiger partial charge on any atom is 0.231 e. The average Bonchev–Trinajstić information content (AvgIpc) is 2.91. The van der Waals surface area contributed by atoms with Gasteiger partial charge in [0.1, 0.15) is 12.2 Å². The molecule has 2 aromatic heterocycles. The van der Waals surface area contributed by atoms with Crippen molar-refractivity contribution in [1.82, 2.24) is 24.1 Å². The summed E-state index contributed by atoms with van der Waals surface area (Å²) in [4.78, 5) is 8.27. The zero-order valence-corrected chi connectivity index (χ0v) is 9.50. The molecule has 2 aromatic rings. The number of hydrogen-bond donors (Lipinski definition) is 2. The van der Waals surface area contributed by atoms with E-state index in [-0.39, 0.29) is 11.7 Å². The van der Waals surface area contributed by atoms with Crippen LogP contribution in [0, 0.1) is 0 Å². The van der Waals surface area contributed by atoms with Crippen LogP contribution in [0.1, 0.15) is 30.4 Å². The monoisotopic (exact) mass is 251 g/mol. The molecule has 0 spiro atoms. The first-order valence-electron chi connectivity index (χ1n) is 5.01. The highest BCUT2D eigenvalue weighted by molar-refractivity contribution is 7.08. The second-order valence-corrected chi connectivity index (χ2v) is 4.44. The molecule has 1 fully saturated rings. The molecule has 0 atom stereocenters. The van der Waals surface area contributed by atoms with Crippen LogP contribution < -0.4 is 5.73 Å². The lowest BCUT2D eigenvalue weighted by molar-refractivity contribution is 0.318. The fraction of sp³-hybridized carbons (Fsp3) is 0.375. The normalized spacial score (nSPS) is 16.4. The van der Waals surface area contributed by atoms with E-state index in [1.165, 1.54) is 22.5 Å². The van der Waals surface area contributed by atoms with Crippen molar-refractivity contribution >= 4 is 17.4 Å². The molecule has 1 aliphatic carbocycles. The SMILES string of the molecule is NC(=NO)c1ncn(-c2nc(C3CC3)ns2)n1. The van der Waals surface area contributed by atoms with E-state index in [2.05, 4.69) is 24.6 Å². The Hall–Kier alpha value is -2.03. The van der Waals surface area contributed by atoms with Gasteiger partial charge in [0.05, 0.1) is 0 Å². The molecule has 3 rings (SSSR count). The minimum Gasteiger partial charge on any atom is -0.409 e. The molecule has 88 valence electrons. The predicted octanol–water partition coefficient (Wildman–Crippen LogP) is 0.0907. The van der Waals surface area contributed by atoms with E-state index < -0.39 is 0 Å². The van der Waals surface area contributed by atoms with Crippen molar-refractivity contribution in [3.8, 4) is 5.13 Å². The third-order valence-electron chi connectivity index (χ3n) is 2.40. The lowest BCUT2D eigenvalue weighted by Crippen LogP contribution is -2.15. The van der Waals surface area contributed by atoms with Crippen LogP contribution in [0.15, 0.2) is 11.5 Å². The van der Waals surface area contributed by atoms with Gasteiger partial charge in [-0.2, -0.15) is 9.06 Å². The van der Waals surface area contributed by atoms with Gasteiger partial charge in [0.2, 0.25) is 16.8 Å². The van der Waals surface area contributed by atoms with E-state index in [9.17, 15) is 0 Å². The predicted molar refractivity (Wildman–Crippen MR) is 59.3 cm³/mol. The highest BCUT2D eigenvalue weighted by atomic mass is 32.1. The number of nitrogens with two attached hydrogens (primary N) is 1. The molecule has 1 saturated carbocycles. The third-order valence-corrected chi connectivity index (χ3v) is 3.12. The summed E-state index contributed by atoms with van der Waals surface area (Å²) in [7, 11) is 0. The third kappa shape index (κ3) is 1.84. The Balaban J connectivity index is 1.89. The Kier molecular flexibility index (Phi) is 2.25. The fourth-order valence-electron chi connectivity index (χ4n) is 1.34. The van der Waals surface area contributed by atoms with E-state index in [0.29, 0.717) is 11.0 Å². The zero-order chi connectivity index (χ0) is 11.8. The molecule has 8 nitrogen and oxygen atoms in total. The van der Waals surface area contributed by atoms with Gasteiger partial charge in [0.25, 0.3) is 0 Å². The fourth-order valence-corrected chi connectivity index (χ4v) is 2.02. The number of oxime groups is 1. The number of nitrogens with zero attached hydrogens (tertiary/aromatic N) is 6. The van der Waals surface area contributed by atoms with Crippen LogP contribution in [0.25, 0.3) is 5.13 Å². The Bertz CT molecular complexity index is 570. The topological polar surface area (TPSA) is 115 Å². The van der Waals surface area contributed by atoms with Crippen LogP contribution in [0.4, 0.5) is 0 Å². The molecule has 1 aliphatic rings. The quantitative estimate of drug-likeness (QED) is 0.346. The van der Waals surface area contributed by atoms with E-state index in [1.54, 1.807) is 0 Å². The van der Waals surface area contributed by atoms with Crippen LogP contribution in [0.2, 0.25) is 0 Å². The minimum atomic E-state index is -0.129. The van der Waals surface area contributed by atoms with Crippen molar-refractivity contribution in [2.75, 3.05) is 0 Å². The van der Waals surface area contributed by atoms with Gasteiger partial charge in [-0.3, -0.25) is 0 Å². The summed E-state index contributed by atoms with van der Waals surface area (Å²) >= 11 is 1.26. The average molecular weight is 251 g/mol. The van der Waals surface area contributed by atoms with E-state index >= 15 is 0 Å². The Labute approximate surface area is 100.0 Å². The van der Waals surface area contributed by atoms with Crippen molar-refractivity contribution in [2.45, 2.75) is 18.8 Å². The van der Waals surface area contributed by atoms with Gasteiger partial charge in [0.15, 0.2) is 0 Å².